The van der Waals surface area contributed by atoms with Crippen LogP contribution >= 0.6 is 0 Å². The molecule has 0 radical (unpaired) electrons. The molecule has 1 saturated heterocycles. The maximum Gasteiger partial charge on any atom is 0.220 e. The summed E-state index contributed by atoms with van der Waals surface area (Å²) in [7, 11) is 0. The maximum atomic E-state index is 12.8. The number of carbonyl (C=O) groups is 1. The largest absolute Gasteiger partial charge is 0.394 e. The molecule has 0 spiro atoms. The second kappa shape index (κ2) is 33.0. The van der Waals surface area contributed by atoms with E-state index in [-0.39, 0.29) is 12.5 Å². The molecule has 0 bridgehead atoms. The second-order valence-corrected chi connectivity index (χ2v) is 14.4. The van der Waals surface area contributed by atoms with Gasteiger partial charge in [0.05, 0.1) is 25.4 Å². The molecule has 0 saturated carbocycles. The summed E-state index contributed by atoms with van der Waals surface area (Å²) in [5, 5.41) is 53.9. The number of rotatable bonds is 33. The van der Waals surface area contributed by atoms with Crippen molar-refractivity contribution in [1.82, 2.24) is 5.32 Å². The lowest BCUT2D eigenvalue weighted by Gasteiger charge is -2.40. The Labute approximate surface area is 311 Å². The number of allylic oxidation sites excluding steroid dienone is 5. The first kappa shape index (κ1) is 47.4. The molecule has 51 heavy (non-hydrogen) atoms. The van der Waals surface area contributed by atoms with Gasteiger partial charge < -0.3 is 40.3 Å². The Hall–Kier alpha value is -1.59. The molecular weight excluding hydrogens is 646 g/mol. The van der Waals surface area contributed by atoms with Gasteiger partial charge in [0.25, 0.3) is 0 Å². The van der Waals surface area contributed by atoms with Crippen LogP contribution in [0.5, 0.6) is 0 Å². The van der Waals surface area contributed by atoms with E-state index in [1.807, 2.05) is 6.08 Å². The fourth-order valence-electron chi connectivity index (χ4n) is 6.27. The van der Waals surface area contributed by atoms with Crippen LogP contribution in [0.4, 0.5) is 0 Å². The van der Waals surface area contributed by atoms with Gasteiger partial charge in [0.2, 0.25) is 5.91 Å². The highest BCUT2D eigenvalue weighted by molar-refractivity contribution is 5.76. The van der Waals surface area contributed by atoms with Crippen molar-refractivity contribution < 1.29 is 39.8 Å². The molecule has 0 aromatic heterocycles. The number of unbranched alkanes of at least 4 members (excludes halogenated alkanes) is 19. The van der Waals surface area contributed by atoms with Gasteiger partial charge >= 0.3 is 0 Å². The summed E-state index contributed by atoms with van der Waals surface area (Å²) >= 11 is 0. The molecule has 9 nitrogen and oxygen atoms in total. The predicted molar refractivity (Wildman–Crippen MR) is 207 cm³/mol. The summed E-state index contributed by atoms with van der Waals surface area (Å²) < 4.78 is 11.1. The van der Waals surface area contributed by atoms with Gasteiger partial charge in [-0.2, -0.15) is 0 Å². The van der Waals surface area contributed by atoms with Crippen molar-refractivity contribution in [2.75, 3.05) is 13.2 Å². The van der Waals surface area contributed by atoms with Crippen molar-refractivity contribution in [3.63, 3.8) is 0 Å². The van der Waals surface area contributed by atoms with Gasteiger partial charge in [-0.3, -0.25) is 4.79 Å². The second-order valence-electron chi connectivity index (χ2n) is 14.4. The lowest BCUT2D eigenvalue weighted by Crippen LogP contribution is -2.60. The molecule has 1 heterocycles. The quantitative estimate of drug-likeness (QED) is 0.0298. The van der Waals surface area contributed by atoms with E-state index in [0.29, 0.717) is 6.42 Å². The number of amides is 1. The Kier molecular flexibility index (Phi) is 30.7. The third-order valence-electron chi connectivity index (χ3n) is 9.69. The molecule has 0 aliphatic carbocycles. The lowest BCUT2D eigenvalue weighted by atomic mass is 9.99. The summed E-state index contributed by atoms with van der Waals surface area (Å²) in [5.74, 6) is -0.204. The normalized spacial score (nSPS) is 22.4. The summed E-state index contributed by atoms with van der Waals surface area (Å²) in [4.78, 5) is 12.8. The number of aliphatic hydroxyl groups is 5. The number of hydrogen-bond acceptors (Lipinski definition) is 8. The Morgan fingerprint density at radius 3 is 1.71 bits per heavy atom. The first-order chi connectivity index (χ1) is 24.8. The van der Waals surface area contributed by atoms with Crippen molar-refractivity contribution in [1.29, 1.82) is 0 Å². The van der Waals surface area contributed by atoms with Crippen LogP contribution in [0.3, 0.4) is 0 Å². The standard InChI is InChI=1S/C42H77NO8/c1-3-5-7-9-11-13-15-16-17-18-19-20-21-22-23-25-27-29-31-36(45)35(34-50-42-41(49)40(48)39(47)37(33-44)51-42)43-38(46)32-30-28-26-24-14-12-10-8-6-4-2/h10,12,22-23,29,31,35-37,39-42,44-45,47-49H,3-9,11,13-21,24-28,30,32-34H2,1-2H3,(H,43,46)/b12-10-,23-22+,31-29+. The van der Waals surface area contributed by atoms with E-state index in [0.717, 1.165) is 57.8 Å². The van der Waals surface area contributed by atoms with Crippen LogP contribution in [-0.2, 0) is 14.3 Å². The van der Waals surface area contributed by atoms with Crippen LogP contribution < -0.4 is 5.32 Å². The van der Waals surface area contributed by atoms with Gasteiger partial charge in [-0.05, 0) is 51.4 Å². The molecule has 298 valence electrons. The topological polar surface area (TPSA) is 149 Å². The van der Waals surface area contributed by atoms with Crippen LogP contribution in [0.1, 0.15) is 168 Å². The third kappa shape index (κ3) is 24.4. The molecule has 0 aromatic rings. The van der Waals surface area contributed by atoms with Gasteiger partial charge in [0.15, 0.2) is 6.29 Å². The number of hydrogen-bond donors (Lipinski definition) is 6. The molecule has 1 rings (SSSR count). The zero-order valence-corrected chi connectivity index (χ0v) is 32.4. The molecule has 1 aliphatic rings. The fourth-order valence-corrected chi connectivity index (χ4v) is 6.27. The van der Waals surface area contributed by atoms with E-state index in [4.69, 9.17) is 9.47 Å². The van der Waals surface area contributed by atoms with Crippen molar-refractivity contribution in [3.05, 3.63) is 36.5 Å². The van der Waals surface area contributed by atoms with E-state index in [1.165, 1.54) is 89.9 Å². The highest BCUT2D eigenvalue weighted by Crippen LogP contribution is 2.22. The number of carbonyl (C=O) groups excluding carboxylic acids is 1. The van der Waals surface area contributed by atoms with Crippen LogP contribution in [-0.4, -0.2) is 87.5 Å². The van der Waals surface area contributed by atoms with E-state index in [1.54, 1.807) is 6.08 Å². The monoisotopic (exact) mass is 724 g/mol. The Balaban J connectivity index is 2.43. The van der Waals surface area contributed by atoms with Crippen LogP contribution in [0.25, 0.3) is 0 Å². The average Bonchev–Trinajstić information content (AvgIpc) is 3.13. The first-order valence-corrected chi connectivity index (χ1v) is 20.7. The summed E-state index contributed by atoms with van der Waals surface area (Å²) in [6.07, 6.45) is 32.0. The molecule has 6 N–H and O–H groups in total. The average molecular weight is 724 g/mol. The van der Waals surface area contributed by atoms with Crippen molar-refractivity contribution >= 4 is 5.91 Å². The maximum absolute atomic E-state index is 12.8. The minimum absolute atomic E-state index is 0.204. The molecule has 7 atom stereocenters. The van der Waals surface area contributed by atoms with Crippen LogP contribution in [0.2, 0.25) is 0 Å². The summed E-state index contributed by atoms with van der Waals surface area (Å²) in [6.45, 7) is 3.68. The zero-order valence-electron chi connectivity index (χ0n) is 32.4. The van der Waals surface area contributed by atoms with Gasteiger partial charge in [-0.1, -0.05) is 147 Å². The number of aliphatic hydroxyl groups excluding tert-OH is 5. The van der Waals surface area contributed by atoms with E-state index < -0.39 is 49.5 Å². The first-order valence-electron chi connectivity index (χ1n) is 20.7. The highest BCUT2D eigenvalue weighted by Gasteiger charge is 2.44. The molecular formula is C42H77NO8. The minimum atomic E-state index is -1.57. The number of nitrogens with one attached hydrogen (secondary N) is 1. The Morgan fingerprint density at radius 1 is 0.647 bits per heavy atom. The molecule has 9 heteroatoms. The van der Waals surface area contributed by atoms with Crippen molar-refractivity contribution in [2.45, 2.75) is 211 Å². The summed E-state index contributed by atoms with van der Waals surface area (Å²) in [6, 6.07) is -0.823. The molecule has 1 fully saturated rings. The van der Waals surface area contributed by atoms with Crippen molar-refractivity contribution in [3.8, 4) is 0 Å². The SMILES string of the molecule is CCCC/C=C\CCCCCCC(=O)NC(COC1OC(CO)C(O)C(O)C1O)C(O)/C=C/CC/C=C/CCCCCCCCCCCCCC. The van der Waals surface area contributed by atoms with Crippen LogP contribution in [0.15, 0.2) is 36.5 Å². The highest BCUT2D eigenvalue weighted by atomic mass is 16.7. The smallest absolute Gasteiger partial charge is 0.220 e. The lowest BCUT2D eigenvalue weighted by molar-refractivity contribution is -0.302. The van der Waals surface area contributed by atoms with E-state index in [2.05, 4.69) is 43.5 Å². The predicted octanol–water partition coefficient (Wildman–Crippen LogP) is 7.72. The zero-order chi connectivity index (χ0) is 37.4. The summed E-state index contributed by atoms with van der Waals surface area (Å²) in [5.41, 5.74) is 0. The third-order valence-corrected chi connectivity index (χ3v) is 9.69. The van der Waals surface area contributed by atoms with Gasteiger partial charge in [-0.25, -0.2) is 0 Å². The van der Waals surface area contributed by atoms with E-state index >= 15 is 0 Å². The van der Waals surface area contributed by atoms with Gasteiger partial charge in [0.1, 0.15) is 24.4 Å². The molecule has 0 aromatic carbocycles. The van der Waals surface area contributed by atoms with Crippen LogP contribution in [0, 0.1) is 0 Å². The Morgan fingerprint density at radius 2 is 1.14 bits per heavy atom. The fraction of sp³-hybridized carbons (Fsp3) is 0.833. The minimum Gasteiger partial charge on any atom is -0.394 e. The van der Waals surface area contributed by atoms with Gasteiger partial charge in [-0.15, -0.1) is 0 Å². The number of ether oxygens (including phenoxy) is 2. The molecule has 1 amide bonds. The van der Waals surface area contributed by atoms with E-state index in [9.17, 15) is 30.3 Å². The molecule has 1 aliphatic heterocycles. The van der Waals surface area contributed by atoms with Gasteiger partial charge in [0, 0.05) is 6.42 Å². The Bertz CT molecular complexity index is 894. The molecule has 7 unspecified atom stereocenters. The van der Waals surface area contributed by atoms with Crippen molar-refractivity contribution in [2.24, 2.45) is 0 Å².